The first-order valence-corrected chi connectivity index (χ1v) is 10.8. The van der Waals surface area contributed by atoms with Crippen LogP contribution >= 0.6 is 11.3 Å². The molecule has 0 N–H and O–H groups in total. The minimum Gasteiger partial charge on any atom is -0.494 e. The molecule has 2 saturated heterocycles. The summed E-state index contributed by atoms with van der Waals surface area (Å²) < 4.78 is 42.4. The summed E-state index contributed by atoms with van der Waals surface area (Å²) in [5.74, 6) is -0.643. The second-order valence-electron chi connectivity index (χ2n) is 6.43. The van der Waals surface area contributed by atoms with Crippen molar-refractivity contribution in [2.75, 3.05) is 33.9 Å². The molecule has 1 amide bonds. The van der Waals surface area contributed by atoms with Crippen molar-refractivity contribution in [1.82, 2.24) is 9.21 Å². The van der Waals surface area contributed by atoms with Crippen LogP contribution in [-0.4, -0.2) is 75.7 Å². The van der Waals surface area contributed by atoms with Gasteiger partial charge in [-0.2, -0.15) is 4.31 Å². The second kappa shape index (κ2) is 7.64. The molecule has 1 atom stereocenters. The molecule has 27 heavy (non-hydrogen) atoms. The largest absolute Gasteiger partial charge is 0.494 e. The fourth-order valence-electron chi connectivity index (χ4n) is 3.47. The molecule has 0 saturated carbocycles. The van der Waals surface area contributed by atoms with E-state index in [9.17, 15) is 18.0 Å². The van der Waals surface area contributed by atoms with Crippen LogP contribution in [0.25, 0.3) is 0 Å². The second-order valence-corrected chi connectivity index (χ2v) is 9.44. The van der Waals surface area contributed by atoms with Gasteiger partial charge in [-0.1, -0.05) is 0 Å². The SMILES string of the molecule is COC(=O)c1csc(S(=O)(=O)N2CCC(N3C(=O)OCC3C)CC2)c1OC. The summed E-state index contributed by atoms with van der Waals surface area (Å²) in [4.78, 5) is 25.4. The number of piperidine rings is 1. The van der Waals surface area contributed by atoms with E-state index >= 15 is 0 Å². The van der Waals surface area contributed by atoms with Crippen molar-refractivity contribution in [2.24, 2.45) is 0 Å². The molecule has 2 fully saturated rings. The molecule has 9 nitrogen and oxygen atoms in total. The number of thiophene rings is 1. The fourth-order valence-corrected chi connectivity index (χ4v) is 6.49. The summed E-state index contributed by atoms with van der Waals surface area (Å²) in [6.45, 7) is 2.83. The zero-order valence-electron chi connectivity index (χ0n) is 15.3. The molecule has 2 aliphatic rings. The van der Waals surface area contributed by atoms with Crippen molar-refractivity contribution in [3.8, 4) is 5.75 Å². The van der Waals surface area contributed by atoms with Gasteiger partial charge in [0.25, 0.3) is 10.0 Å². The smallest absolute Gasteiger partial charge is 0.410 e. The van der Waals surface area contributed by atoms with Crippen LogP contribution in [0.4, 0.5) is 4.79 Å². The van der Waals surface area contributed by atoms with Crippen molar-refractivity contribution in [3.05, 3.63) is 10.9 Å². The standard InChI is InChI=1S/C16H22N2O7S2/c1-10-8-25-16(20)18(10)11-4-6-17(7-5-11)27(21,22)15-13(23-2)12(9-26-15)14(19)24-3/h9-11H,4-8H2,1-3H3. The zero-order chi connectivity index (χ0) is 19.8. The van der Waals surface area contributed by atoms with Gasteiger partial charge in [0.2, 0.25) is 0 Å². The Bertz CT molecular complexity index is 828. The highest BCUT2D eigenvalue weighted by molar-refractivity contribution is 7.91. The minimum absolute atomic E-state index is 0.00529. The molecule has 1 aromatic rings. The van der Waals surface area contributed by atoms with Crippen molar-refractivity contribution >= 4 is 33.4 Å². The van der Waals surface area contributed by atoms with E-state index in [0.717, 1.165) is 11.3 Å². The highest BCUT2D eigenvalue weighted by atomic mass is 32.2. The molecule has 150 valence electrons. The maximum absolute atomic E-state index is 13.0. The predicted molar refractivity (Wildman–Crippen MR) is 96.6 cm³/mol. The first kappa shape index (κ1) is 19.9. The Morgan fingerprint density at radius 2 is 1.96 bits per heavy atom. The Balaban J connectivity index is 1.77. The monoisotopic (exact) mass is 418 g/mol. The maximum Gasteiger partial charge on any atom is 0.410 e. The summed E-state index contributed by atoms with van der Waals surface area (Å²) in [5.41, 5.74) is 0.0899. The quantitative estimate of drug-likeness (QED) is 0.668. The lowest BCUT2D eigenvalue weighted by molar-refractivity contribution is 0.0597. The number of hydrogen-bond acceptors (Lipinski definition) is 8. The van der Waals surface area contributed by atoms with Crippen LogP contribution in [0.3, 0.4) is 0 Å². The molecule has 11 heteroatoms. The molecule has 0 aliphatic carbocycles. The van der Waals surface area contributed by atoms with Gasteiger partial charge in [-0.05, 0) is 19.8 Å². The molecule has 0 radical (unpaired) electrons. The van der Waals surface area contributed by atoms with Crippen molar-refractivity contribution in [2.45, 2.75) is 36.1 Å². The van der Waals surface area contributed by atoms with Gasteiger partial charge < -0.3 is 14.2 Å². The lowest BCUT2D eigenvalue weighted by Gasteiger charge is -2.36. The average molecular weight is 418 g/mol. The number of amides is 1. The van der Waals surface area contributed by atoms with Gasteiger partial charge in [0, 0.05) is 24.5 Å². The number of carbonyl (C=O) groups excluding carboxylic acids is 2. The molecule has 1 unspecified atom stereocenters. The third kappa shape index (κ3) is 3.50. The van der Waals surface area contributed by atoms with Crippen LogP contribution in [-0.2, 0) is 19.5 Å². The Morgan fingerprint density at radius 3 is 2.48 bits per heavy atom. The molecule has 2 aliphatic heterocycles. The molecule has 0 bridgehead atoms. The number of hydrogen-bond donors (Lipinski definition) is 0. The molecule has 1 aromatic heterocycles. The average Bonchev–Trinajstić information content (AvgIpc) is 3.24. The third-order valence-corrected chi connectivity index (χ3v) is 8.22. The van der Waals surface area contributed by atoms with Crippen LogP contribution in [0.2, 0.25) is 0 Å². The van der Waals surface area contributed by atoms with Gasteiger partial charge in [0.15, 0.2) is 9.96 Å². The Morgan fingerprint density at radius 1 is 1.30 bits per heavy atom. The summed E-state index contributed by atoms with van der Waals surface area (Å²) in [6.07, 6.45) is 0.707. The number of cyclic esters (lactones) is 1. The van der Waals surface area contributed by atoms with Crippen LogP contribution in [0.5, 0.6) is 5.75 Å². The lowest BCUT2D eigenvalue weighted by Crippen LogP contribution is -2.49. The lowest BCUT2D eigenvalue weighted by atomic mass is 10.0. The topological polar surface area (TPSA) is 102 Å². The Labute approximate surface area is 161 Å². The van der Waals surface area contributed by atoms with E-state index in [1.807, 2.05) is 6.92 Å². The normalized spacial score (nSPS) is 22.0. The van der Waals surface area contributed by atoms with Gasteiger partial charge in [-0.25, -0.2) is 18.0 Å². The van der Waals surface area contributed by atoms with Crippen LogP contribution in [0.15, 0.2) is 9.59 Å². The number of carbonyl (C=O) groups is 2. The summed E-state index contributed by atoms with van der Waals surface area (Å²) in [7, 11) is -1.27. The van der Waals surface area contributed by atoms with E-state index in [1.165, 1.54) is 23.9 Å². The summed E-state index contributed by atoms with van der Waals surface area (Å²) >= 11 is 0.932. The van der Waals surface area contributed by atoms with E-state index < -0.39 is 16.0 Å². The van der Waals surface area contributed by atoms with E-state index in [4.69, 9.17) is 9.47 Å². The fraction of sp³-hybridized carbons (Fsp3) is 0.625. The van der Waals surface area contributed by atoms with Gasteiger partial charge in [0.1, 0.15) is 12.2 Å². The van der Waals surface area contributed by atoms with E-state index in [2.05, 4.69) is 4.74 Å². The molecular weight excluding hydrogens is 396 g/mol. The maximum atomic E-state index is 13.0. The van der Waals surface area contributed by atoms with Crippen molar-refractivity contribution < 1.29 is 32.2 Å². The third-order valence-electron chi connectivity index (χ3n) is 4.85. The minimum atomic E-state index is -3.82. The van der Waals surface area contributed by atoms with Crippen molar-refractivity contribution in [1.29, 1.82) is 0 Å². The molecular formula is C16H22N2O7S2. The Hall–Kier alpha value is -1.85. The van der Waals surface area contributed by atoms with Crippen LogP contribution in [0, 0.1) is 0 Å². The molecule has 3 heterocycles. The molecule has 0 spiro atoms. The zero-order valence-corrected chi connectivity index (χ0v) is 17.0. The number of rotatable bonds is 5. The van der Waals surface area contributed by atoms with Gasteiger partial charge >= 0.3 is 12.1 Å². The highest BCUT2D eigenvalue weighted by Gasteiger charge is 2.40. The number of sulfonamides is 1. The highest BCUT2D eigenvalue weighted by Crippen LogP contribution is 2.38. The van der Waals surface area contributed by atoms with Gasteiger partial charge in [-0.15, -0.1) is 11.3 Å². The molecule has 3 rings (SSSR count). The first-order valence-electron chi connectivity index (χ1n) is 8.50. The Kier molecular flexibility index (Phi) is 5.63. The molecule has 0 aromatic carbocycles. The number of ether oxygens (including phenoxy) is 3. The van der Waals surface area contributed by atoms with Crippen LogP contribution < -0.4 is 4.74 Å². The van der Waals surface area contributed by atoms with E-state index in [-0.39, 0.29) is 46.8 Å². The van der Waals surface area contributed by atoms with Crippen molar-refractivity contribution in [3.63, 3.8) is 0 Å². The van der Waals surface area contributed by atoms with E-state index in [0.29, 0.717) is 19.4 Å². The van der Waals surface area contributed by atoms with Gasteiger partial charge in [-0.3, -0.25) is 4.90 Å². The van der Waals surface area contributed by atoms with Gasteiger partial charge in [0.05, 0.1) is 20.3 Å². The summed E-state index contributed by atoms with van der Waals surface area (Å²) in [5, 5.41) is 1.42. The number of methoxy groups -OCH3 is 2. The van der Waals surface area contributed by atoms with Crippen LogP contribution in [0.1, 0.15) is 30.1 Å². The first-order chi connectivity index (χ1) is 12.8. The number of esters is 1. The number of nitrogens with zero attached hydrogens (tertiary/aromatic N) is 2. The van der Waals surface area contributed by atoms with E-state index in [1.54, 1.807) is 4.90 Å². The summed E-state index contributed by atoms with van der Waals surface area (Å²) in [6, 6.07) is -0.0528. The predicted octanol–water partition coefficient (Wildman–Crippen LogP) is 1.54.